The van der Waals surface area contributed by atoms with Crippen LogP contribution in [0.25, 0.3) is 0 Å². The summed E-state index contributed by atoms with van der Waals surface area (Å²) in [6.07, 6.45) is 1.84. The molecule has 0 aliphatic heterocycles. The lowest BCUT2D eigenvalue weighted by atomic mass is 10.4. The van der Waals surface area contributed by atoms with Crippen LogP contribution in [0.2, 0.25) is 0 Å². The molecular weight excluding hydrogens is 156 g/mol. The number of hydrogen-bond donors (Lipinski definition) is 3. The third kappa shape index (κ3) is 4.31. The number of amides is 1. The molecule has 4 nitrogen and oxygen atoms in total. The number of rotatable bonds is 5. The van der Waals surface area contributed by atoms with E-state index in [0.29, 0.717) is 19.1 Å². The first-order valence-corrected chi connectivity index (χ1v) is 4.36. The molecule has 0 aromatic carbocycles. The molecule has 3 N–H and O–H groups in total. The van der Waals surface area contributed by atoms with Gasteiger partial charge in [-0.15, -0.1) is 0 Å². The molecule has 0 heterocycles. The zero-order chi connectivity index (χ0) is 8.97. The maximum atomic E-state index is 11.0. The third-order valence-corrected chi connectivity index (χ3v) is 1.67. The van der Waals surface area contributed by atoms with Crippen LogP contribution >= 0.6 is 0 Å². The van der Waals surface area contributed by atoms with Gasteiger partial charge in [-0.3, -0.25) is 4.79 Å². The standard InChI is InChI=1S/C8H16N2O2/c1-6(11)4-9-5-8(12)10-7-2-3-7/h6-7,9,11H,2-5H2,1H3,(H,10,12)/t6-/m0/s1. The average molecular weight is 172 g/mol. The van der Waals surface area contributed by atoms with Gasteiger partial charge in [0.1, 0.15) is 0 Å². The zero-order valence-corrected chi connectivity index (χ0v) is 7.34. The maximum Gasteiger partial charge on any atom is 0.234 e. The molecule has 0 saturated heterocycles. The van der Waals surface area contributed by atoms with Crippen LogP contribution in [-0.4, -0.2) is 36.2 Å². The van der Waals surface area contributed by atoms with Gasteiger partial charge >= 0.3 is 0 Å². The van der Waals surface area contributed by atoms with Crippen molar-refractivity contribution in [3.05, 3.63) is 0 Å². The van der Waals surface area contributed by atoms with Crippen molar-refractivity contribution in [2.24, 2.45) is 0 Å². The first-order valence-electron chi connectivity index (χ1n) is 4.36. The van der Waals surface area contributed by atoms with Crippen LogP contribution in [0.3, 0.4) is 0 Å². The van der Waals surface area contributed by atoms with Gasteiger partial charge in [0.05, 0.1) is 12.6 Å². The van der Waals surface area contributed by atoms with Gasteiger partial charge in [0.15, 0.2) is 0 Å². The Morgan fingerprint density at radius 3 is 2.83 bits per heavy atom. The highest BCUT2D eigenvalue weighted by Crippen LogP contribution is 2.17. The Balaban J connectivity index is 1.94. The van der Waals surface area contributed by atoms with Gasteiger partial charge < -0.3 is 15.7 Å². The summed E-state index contributed by atoms with van der Waals surface area (Å²) in [5, 5.41) is 14.6. The summed E-state index contributed by atoms with van der Waals surface area (Å²) in [5.41, 5.74) is 0. The van der Waals surface area contributed by atoms with Gasteiger partial charge in [-0.1, -0.05) is 0 Å². The Labute approximate surface area is 72.3 Å². The molecule has 1 aliphatic carbocycles. The quantitative estimate of drug-likeness (QED) is 0.510. The zero-order valence-electron chi connectivity index (χ0n) is 7.34. The van der Waals surface area contributed by atoms with Crippen molar-refractivity contribution in [3.8, 4) is 0 Å². The van der Waals surface area contributed by atoms with E-state index >= 15 is 0 Å². The fourth-order valence-corrected chi connectivity index (χ4v) is 0.901. The molecule has 1 atom stereocenters. The van der Waals surface area contributed by atoms with Crippen LogP contribution in [0.15, 0.2) is 0 Å². The fraction of sp³-hybridized carbons (Fsp3) is 0.875. The van der Waals surface area contributed by atoms with Gasteiger partial charge in [-0.2, -0.15) is 0 Å². The monoisotopic (exact) mass is 172 g/mol. The molecule has 1 aliphatic rings. The molecule has 1 fully saturated rings. The molecular formula is C8H16N2O2. The minimum atomic E-state index is -0.390. The summed E-state index contributed by atoms with van der Waals surface area (Å²) in [4.78, 5) is 11.0. The van der Waals surface area contributed by atoms with E-state index < -0.39 is 6.10 Å². The molecule has 0 unspecified atom stereocenters. The third-order valence-electron chi connectivity index (χ3n) is 1.67. The van der Waals surface area contributed by atoms with E-state index in [2.05, 4.69) is 10.6 Å². The van der Waals surface area contributed by atoms with Gasteiger partial charge in [0.25, 0.3) is 0 Å². The van der Waals surface area contributed by atoms with Gasteiger partial charge in [-0.25, -0.2) is 0 Å². The van der Waals surface area contributed by atoms with Crippen LogP contribution < -0.4 is 10.6 Å². The molecule has 4 heteroatoms. The molecule has 1 amide bonds. The second kappa shape index (κ2) is 4.42. The Kier molecular flexibility index (Phi) is 3.49. The minimum Gasteiger partial charge on any atom is -0.392 e. The summed E-state index contributed by atoms with van der Waals surface area (Å²) in [7, 11) is 0. The van der Waals surface area contributed by atoms with Gasteiger partial charge in [-0.05, 0) is 19.8 Å². The Morgan fingerprint density at radius 2 is 2.33 bits per heavy atom. The second-order valence-electron chi connectivity index (χ2n) is 3.32. The minimum absolute atomic E-state index is 0.0261. The SMILES string of the molecule is C[C@H](O)CNCC(=O)NC1CC1. The van der Waals surface area contributed by atoms with Crippen molar-refractivity contribution >= 4 is 5.91 Å². The normalized spacial score (nSPS) is 18.8. The lowest BCUT2D eigenvalue weighted by molar-refractivity contribution is -0.120. The number of carbonyl (C=O) groups is 1. The fourth-order valence-electron chi connectivity index (χ4n) is 0.901. The summed E-state index contributed by atoms with van der Waals surface area (Å²) < 4.78 is 0. The highest BCUT2D eigenvalue weighted by atomic mass is 16.3. The van der Waals surface area contributed by atoms with Crippen LogP contribution in [0.4, 0.5) is 0 Å². The Hall–Kier alpha value is -0.610. The summed E-state index contributed by atoms with van der Waals surface area (Å²) in [6, 6.07) is 0.422. The van der Waals surface area contributed by atoms with E-state index in [1.165, 1.54) is 0 Å². The van der Waals surface area contributed by atoms with Crippen molar-refractivity contribution < 1.29 is 9.90 Å². The molecule has 1 rings (SSSR count). The first-order chi connectivity index (χ1) is 5.68. The van der Waals surface area contributed by atoms with E-state index in [1.807, 2.05) is 0 Å². The first kappa shape index (κ1) is 9.48. The highest BCUT2D eigenvalue weighted by molar-refractivity contribution is 5.78. The highest BCUT2D eigenvalue weighted by Gasteiger charge is 2.22. The van der Waals surface area contributed by atoms with E-state index in [0.717, 1.165) is 12.8 Å². The topological polar surface area (TPSA) is 61.4 Å². The molecule has 12 heavy (non-hydrogen) atoms. The molecule has 0 spiro atoms. The predicted molar refractivity (Wildman–Crippen MR) is 45.7 cm³/mol. The maximum absolute atomic E-state index is 11.0. The van der Waals surface area contributed by atoms with Crippen molar-refractivity contribution in [1.82, 2.24) is 10.6 Å². The summed E-state index contributed by atoms with van der Waals surface area (Å²) in [5.74, 6) is 0.0261. The lowest BCUT2D eigenvalue weighted by Crippen LogP contribution is -2.37. The molecule has 0 aromatic rings. The van der Waals surface area contributed by atoms with Crippen molar-refractivity contribution in [1.29, 1.82) is 0 Å². The van der Waals surface area contributed by atoms with E-state index in [1.54, 1.807) is 6.92 Å². The second-order valence-corrected chi connectivity index (χ2v) is 3.32. The van der Waals surface area contributed by atoms with Crippen molar-refractivity contribution in [2.45, 2.75) is 31.9 Å². The van der Waals surface area contributed by atoms with Crippen LogP contribution in [0, 0.1) is 0 Å². The van der Waals surface area contributed by atoms with Crippen molar-refractivity contribution in [3.63, 3.8) is 0 Å². The number of hydrogen-bond acceptors (Lipinski definition) is 3. The predicted octanol–water partition coefficient (Wildman–Crippen LogP) is -0.765. The molecule has 0 bridgehead atoms. The molecule has 0 aromatic heterocycles. The Morgan fingerprint density at radius 1 is 1.67 bits per heavy atom. The van der Waals surface area contributed by atoms with E-state index in [4.69, 9.17) is 5.11 Å². The molecule has 0 radical (unpaired) electrons. The van der Waals surface area contributed by atoms with E-state index in [-0.39, 0.29) is 5.91 Å². The largest absolute Gasteiger partial charge is 0.392 e. The summed E-state index contributed by atoms with van der Waals surface area (Å²) in [6.45, 7) is 2.46. The van der Waals surface area contributed by atoms with Crippen LogP contribution in [0.1, 0.15) is 19.8 Å². The molecule has 1 saturated carbocycles. The Bertz CT molecular complexity index is 155. The number of nitrogens with one attached hydrogen (secondary N) is 2. The number of aliphatic hydroxyl groups is 1. The smallest absolute Gasteiger partial charge is 0.234 e. The molecule has 70 valence electrons. The van der Waals surface area contributed by atoms with Gasteiger partial charge in [0, 0.05) is 12.6 Å². The number of carbonyl (C=O) groups excluding carboxylic acids is 1. The number of aliphatic hydroxyl groups excluding tert-OH is 1. The van der Waals surface area contributed by atoms with Crippen LogP contribution in [-0.2, 0) is 4.79 Å². The lowest BCUT2D eigenvalue weighted by Gasteiger charge is -2.06. The van der Waals surface area contributed by atoms with Gasteiger partial charge in [0.2, 0.25) is 5.91 Å². The van der Waals surface area contributed by atoms with Crippen LogP contribution in [0.5, 0.6) is 0 Å². The van der Waals surface area contributed by atoms with Crippen molar-refractivity contribution in [2.75, 3.05) is 13.1 Å². The summed E-state index contributed by atoms with van der Waals surface area (Å²) >= 11 is 0. The average Bonchev–Trinajstić information content (AvgIpc) is 2.70. The van der Waals surface area contributed by atoms with E-state index in [9.17, 15) is 4.79 Å².